The van der Waals surface area contributed by atoms with Gasteiger partial charge in [-0.1, -0.05) is 10.3 Å². The van der Waals surface area contributed by atoms with Crippen molar-refractivity contribution in [3.8, 4) is 0 Å². The Hall–Kier alpha value is -2.38. The van der Waals surface area contributed by atoms with Crippen molar-refractivity contribution in [1.29, 1.82) is 0 Å². The molecule has 0 aromatic carbocycles. The van der Waals surface area contributed by atoms with Gasteiger partial charge >= 0.3 is 6.09 Å². The molecule has 1 N–H and O–H groups in total. The third-order valence-electron chi connectivity index (χ3n) is 3.86. The number of carbonyl (C=O) groups excluding carboxylic acids is 2. The molecule has 1 amide bonds. The van der Waals surface area contributed by atoms with Crippen LogP contribution < -0.4 is 0 Å². The number of Topliss-reactive ketones (excluding diaryl/α,β-unsaturated/α-hetero) is 1. The Morgan fingerprint density at radius 2 is 2.12 bits per heavy atom. The predicted octanol–water partition coefficient (Wildman–Crippen LogP) is 2.64. The molecule has 1 aliphatic heterocycles. The second-order valence-electron chi connectivity index (χ2n) is 6.92. The quantitative estimate of drug-likeness (QED) is 0.505. The Morgan fingerprint density at radius 1 is 1.46 bits per heavy atom. The minimum atomic E-state index is -0.791. The molecule has 0 spiro atoms. The molecule has 2 heterocycles. The summed E-state index contributed by atoms with van der Waals surface area (Å²) in [7, 11) is 0. The summed E-state index contributed by atoms with van der Waals surface area (Å²) in [4.78, 5) is 26.6. The van der Waals surface area contributed by atoms with E-state index in [4.69, 9.17) is 9.26 Å². The average Bonchev–Trinajstić information content (AvgIpc) is 2.90. The zero-order valence-corrected chi connectivity index (χ0v) is 14.6. The van der Waals surface area contributed by atoms with Crippen molar-refractivity contribution in [2.75, 3.05) is 6.54 Å². The molecule has 1 aromatic rings. The second kappa shape index (κ2) is 6.62. The van der Waals surface area contributed by atoms with Crippen molar-refractivity contribution in [1.82, 2.24) is 10.1 Å². The zero-order chi connectivity index (χ0) is 18.1. The van der Waals surface area contributed by atoms with Crippen LogP contribution in [0.5, 0.6) is 0 Å². The van der Waals surface area contributed by atoms with E-state index in [1.165, 1.54) is 11.0 Å². The Labute approximate surface area is 140 Å². The van der Waals surface area contributed by atoms with Crippen molar-refractivity contribution in [3.05, 3.63) is 17.5 Å². The lowest BCUT2D eigenvalue weighted by Gasteiger charge is -2.39. The van der Waals surface area contributed by atoms with Gasteiger partial charge in [-0.05, 0) is 34.6 Å². The number of oxime groups is 1. The number of aromatic nitrogens is 1. The number of hydrogen-bond donors (Lipinski definition) is 1. The molecule has 1 unspecified atom stereocenters. The van der Waals surface area contributed by atoms with Crippen molar-refractivity contribution < 1.29 is 24.1 Å². The van der Waals surface area contributed by atoms with E-state index in [-0.39, 0.29) is 17.9 Å². The molecular weight excluding hydrogens is 314 g/mol. The number of rotatable bonds is 2. The molecular formula is C16H23N3O5. The summed E-state index contributed by atoms with van der Waals surface area (Å²) in [6.45, 7) is 9.06. The highest BCUT2D eigenvalue weighted by atomic mass is 16.6. The number of carbonyl (C=O) groups is 2. The maximum atomic E-state index is 12.8. The Kier molecular flexibility index (Phi) is 4.96. The van der Waals surface area contributed by atoms with Crippen LogP contribution >= 0.6 is 0 Å². The maximum Gasteiger partial charge on any atom is 0.410 e. The van der Waals surface area contributed by atoms with Gasteiger partial charge in [0.15, 0.2) is 11.5 Å². The third-order valence-corrected chi connectivity index (χ3v) is 3.86. The molecule has 8 heteroatoms. The molecule has 1 fully saturated rings. The summed E-state index contributed by atoms with van der Waals surface area (Å²) >= 11 is 0. The molecule has 0 radical (unpaired) electrons. The number of aryl methyl sites for hydroxylation is 1. The number of ketones is 1. The largest absolute Gasteiger partial charge is 0.444 e. The summed E-state index contributed by atoms with van der Waals surface area (Å²) in [5.41, 5.74) is -0.158. The number of hydrogen-bond acceptors (Lipinski definition) is 7. The third kappa shape index (κ3) is 3.74. The molecule has 1 aromatic heterocycles. The van der Waals surface area contributed by atoms with Gasteiger partial charge < -0.3 is 19.4 Å². The minimum absolute atomic E-state index is 0.150. The highest BCUT2D eigenvalue weighted by Gasteiger charge is 2.42. The smallest absolute Gasteiger partial charge is 0.410 e. The van der Waals surface area contributed by atoms with E-state index in [2.05, 4.69) is 10.3 Å². The SMILES string of the molecule is Cc1cc(C(=O)C2/C(=N/O)CCN(C(=O)OC(C)(C)C)[C@H]2C)no1. The van der Waals surface area contributed by atoms with Gasteiger partial charge in [0.2, 0.25) is 0 Å². The van der Waals surface area contributed by atoms with Crippen molar-refractivity contribution >= 4 is 17.6 Å². The fourth-order valence-electron chi connectivity index (χ4n) is 2.76. The Balaban J connectivity index is 2.26. The molecule has 2 rings (SSSR count). The van der Waals surface area contributed by atoms with Crippen LogP contribution in [0.25, 0.3) is 0 Å². The van der Waals surface area contributed by atoms with Gasteiger partial charge in [-0.3, -0.25) is 4.79 Å². The fraction of sp³-hybridized carbons (Fsp3) is 0.625. The van der Waals surface area contributed by atoms with Crippen LogP contribution in [-0.2, 0) is 4.74 Å². The molecule has 2 atom stereocenters. The molecule has 1 aliphatic rings. The zero-order valence-electron chi connectivity index (χ0n) is 14.6. The van der Waals surface area contributed by atoms with E-state index >= 15 is 0 Å². The highest BCUT2D eigenvalue weighted by Crippen LogP contribution is 2.27. The van der Waals surface area contributed by atoms with Crippen molar-refractivity contribution in [2.45, 2.75) is 52.7 Å². The van der Waals surface area contributed by atoms with Gasteiger partial charge in [-0.25, -0.2) is 4.79 Å². The second-order valence-corrected chi connectivity index (χ2v) is 6.92. The predicted molar refractivity (Wildman–Crippen MR) is 85.3 cm³/mol. The first kappa shape index (κ1) is 18.0. The van der Waals surface area contributed by atoms with Crippen LogP contribution in [0.4, 0.5) is 4.79 Å². The Bertz CT molecular complexity index is 659. The minimum Gasteiger partial charge on any atom is -0.444 e. The normalized spacial score (nSPS) is 23.4. The van der Waals surface area contributed by atoms with E-state index < -0.39 is 23.7 Å². The van der Waals surface area contributed by atoms with E-state index in [1.807, 2.05) is 0 Å². The number of ether oxygens (including phenoxy) is 1. The van der Waals surface area contributed by atoms with Crippen LogP contribution in [0.2, 0.25) is 0 Å². The summed E-state index contributed by atoms with van der Waals surface area (Å²) in [6.07, 6.45) is -0.214. The van der Waals surface area contributed by atoms with Crippen molar-refractivity contribution in [3.63, 3.8) is 0 Å². The first-order valence-electron chi connectivity index (χ1n) is 7.82. The topological polar surface area (TPSA) is 105 Å². The molecule has 0 aliphatic carbocycles. The summed E-state index contributed by atoms with van der Waals surface area (Å²) in [5.74, 6) is -0.630. The lowest BCUT2D eigenvalue weighted by atomic mass is 9.84. The van der Waals surface area contributed by atoms with Gasteiger partial charge in [0.1, 0.15) is 11.4 Å². The summed E-state index contributed by atoms with van der Waals surface area (Å²) in [5, 5.41) is 16.2. The number of nitrogens with zero attached hydrogens (tertiary/aromatic N) is 3. The fourth-order valence-corrected chi connectivity index (χ4v) is 2.76. The first-order valence-corrected chi connectivity index (χ1v) is 7.82. The van der Waals surface area contributed by atoms with Crippen molar-refractivity contribution in [2.24, 2.45) is 11.1 Å². The lowest BCUT2D eigenvalue weighted by Crippen LogP contribution is -2.54. The standard InChI is InChI=1S/C16H23N3O5/c1-9-8-12(18-24-9)14(20)13-10(2)19(7-6-11(13)17-22)15(21)23-16(3,4)5/h8,10,13,22H,6-7H2,1-5H3/b17-11+/t10-,13?/m0/s1. The summed E-state index contributed by atoms with van der Waals surface area (Å²) in [6, 6.07) is 1.00. The molecule has 1 saturated heterocycles. The average molecular weight is 337 g/mol. The molecule has 8 nitrogen and oxygen atoms in total. The first-order chi connectivity index (χ1) is 11.1. The highest BCUT2D eigenvalue weighted by molar-refractivity contribution is 6.12. The van der Waals surface area contributed by atoms with Gasteiger partial charge in [0.05, 0.1) is 11.6 Å². The lowest BCUT2D eigenvalue weighted by molar-refractivity contribution is 0.0129. The molecule has 0 saturated carbocycles. The number of piperidine rings is 1. The molecule has 132 valence electrons. The Morgan fingerprint density at radius 3 is 2.62 bits per heavy atom. The van der Waals surface area contributed by atoms with Crippen LogP contribution in [0.15, 0.2) is 15.7 Å². The number of amides is 1. The number of likely N-dealkylation sites (tertiary alicyclic amines) is 1. The molecule has 0 bridgehead atoms. The molecule has 24 heavy (non-hydrogen) atoms. The van der Waals surface area contributed by atoms with Gasteiger partial charge in [0.25, 0.3) is 0 Å². The maximum absolute atomic E-state index is 12.8. The van der Waals surface area contributed by atoms with Crippen LogP contribution in [0.1, 0.15) is 50.4 Å². The monoisotopic (exact) mass is 337 g/mol. The van der Waals surface area contributed by atoms with Crippen LogP contribution in [0, 0.1) is 12.8 Å². The summed E-state index contributed by atoms with van der Waals surface area (Å²) < 4.78 is 10.3. The van der Waals surface area contributed by atoms with E-state index in [0.29, 0.717) is 18.0 Å². The van der Waals surface area contributed by atoms with Gasteiger partial charge in [0, 0.05) is 25.1 Å². The van der Waals surface area contributed by atoms with Gasteiger partial charge in [-0.15, -0.1) is 0 Å². The van der Waals surface area contributed by atoms with E-state index in [1.54, 1.807) is 34.6 Å². The van der Waals surface area contributed by atoms with Crippen LogP contribution in [0.3, 0.4) is 0 Å². The van der Waals surface area contributed by atoms with Gasteiger partial charge in [-0.2, -0.15) is 0 Å². The van der Waals surface area contributed by atoms with E-state index in [9.17, 15) is 14.8 Å². The van der Waals surface area contributed by atoms with E-state index in [0.717, 1.165) is 0 Å². The van der Waals surface area contributed by atoms with Crippen LogP contribution in [-0.4, -0.2) is 51.0 Å².